The summed E-state index contributed by atoms with van der Waals surface area (Å²) in [5, 5.41) is 18.9. The van der Waals surface area contributed by atoms with E-state index in [0.717, 1.165) is 36.5 Å². The highest BCUT2D eigenvalue weighted by Crippen LogP contribution is 2.18. The number of hydrogen-bond acceptors (Lipinski definition) is 4. The van der Waals surface area contributed by atoms with Crippen molar-refractivity contribution in [1.82, 2.24) is 20.7 Å². The highest BCUT2D eigenvalue weighted by atomic mass is 32.1. The molecule has 0 unspecified atom stereocenters. The maximum atomic E-state index is 4.24. The molecule has 20 heavy (non-hydrogen) atoms. The molecule has 2 aromatic heterocycles. The van der Waals surface area contributed by atoms with Gasteiger partial charge in [-0.05, 0) is 35.4 Å². The van der Waals surface area contributed by atoms with Gasteiger partial charge in [-0.2, -0.15) is 26.7 Å². The summed E-state index contributed by atoms with van der Waals surface area (Å²) in [5.74, 6) is 0. The Morgan fingerprint density at radius 2 is 2.00 bits per heavy atom. The molecule has 0 aliphatic carbocycles. The molecular weight excluding hydrogens is 268 g/mol. The Balaban J connectivity index is 1.57. The summed E-state index contributed by atoms with van der Waals surface area (Å²) < 4.78 is 0. The number of nitrogens with zero attached hydrogens (tertiary/aromatic N) is 2. The molecule has 102 valence electrons. The van der Waals surface area contributed by atoms with Crippen molar-refractivity contribution in [2.75, 3.05) is 6.54 Å². The molecule has 0 aliphatic rings. The number of hydrogen-bond donors (Lipinski definition) is 2. The van der Waals surface area contributed by atoms with Gasteiger partial charge in [0.1, 0.15) is 11.4 Å². The summed E-state index contributed by atoms with van der Waals surface area (Å²) in [4.78, 5) is 0. The Kier molecular flexibility index (Phi) is 4.20. The molecule has 0 bridgehead atoms. The lowest BCUT2D eigenvalue weighted by molar-refractivity contribution is 0.674. The summed E-state index contributed by atoms with van der Waals surface area (Å²) in [7, 11) is 0. The van der Waals surface area contributed by atoms with Crippen molar-refractivity contribution in [3.63, 3.8) is 0 Å². The van der Waals surface area contributed by atoms with Crippen LogP contribution in [0, 0.1) is 0 Å². The van der Waals surface area contributed by atoms with Gasteiger partial charge in [0.25, 0.3) is 0 Å². The first-order valence-corrected chi connectivity index (χ1v) is 7.54. The molecule has 2 N–H and O–H groups in total. The van der Waals surface area contributed by atoms with Crippen LogP contribution >= 0.6 is 11.3 Å². The fraction of sp³-hybridized carbons (Fsp3) is 0.200. The molecule has 0 fully saturated rings. The molecule has 1 aromatic carbocycles. The first kappa shape index (κ1) is 13.0. The molecule has 5 heteroatoms. The van der Waals surface area contributed by atoms with Crippen LogP contribution in [-0.2, 0) is 13.0 Å². The smallest absolute Gasteiger partial charge is 0.117 e. The second kappa shape index (κ2) is 6.45. The van der Waals surface area contributed by atoms with Crippen molar-refractivity contribution in [1.29, 1.82) is 0 Å². The Labute approximate surface area is 121 Å². The number of aromatic nitrogens is 3. The largest absolute Gasteiger partial charge is 0.311 e. The fourth-order valence-corrected chi connectivity index (χ4v) is 2.78. The van der Waals surface area contributed by atoms with Crippen LogP contribution in [0.3, 0.4) is 0 Å². The molecule has 0 saturated heterocycles. The minimum absolute atomic E-state index is 0.727. The number of H-pyrrole nitrogens is 1. The van der Waals surface area contributed by atoms with Crippen molar-refractivity contribution in [3.05, 3.63) is 58.4 Å². The Hall–Kier alpha value is -1.98. The number of nitrogens with one attached hydrogen (secondary N) is 2. The molecule has 0 radical (unpaired) electrons. The summed E-state index contributed by atoms with van der Waals surface area (Å²) in [6, 6.07) is 12.3. The Morgan fingerprint density at radius 1 is 1.10 bits per heavy atom. The number of rotatable bonds is 6. The monoisotopic (exact) mass is 284 g/mol. The van der Waals surface area contributed by atoms with Crippen LogP contribution in [0.4, 0.5) is 0 Å². The van der Waals surface area contributed by atoms with Gasteiger partial charge in [-0.25, -0.2) is 0 Å². The first-order chi connectivity index (χ1) is 9.93. The molecule has 3 aromatic rings. The molecule has 3 rings (SSSR count). The van der Waals surface area contributed by atoms with Crippen LogP contribution in [0.25, 0.3) is 11.3 Å². The van der Waals surface area contributed by atoms with Crippen molar-refractivity contribution in [3.8, 4) is 11.3 Å². The average Bonchev–Trinajstić information content (AvgIpc) is 3.16. The zero-order valence-corrected chi connectivity index (χ0v) is 11.9. The second-order valence-corrected chi connectivity index (χ2v) is 5.32. The van der Waals surface area contributed by atoms with Gasteiger partial charge >= 0.3 is 0 Å². The maximum absolute atomic E-state index is 4.24. The lowest BCUT2D eigenvalue weighted by Gasteiger charge is -2.03. The zero-order valence-electron chi connectivity index (χ0n) is 11.0. The van der Waals surface area contributed by atoms with Gasteiger partial charge in [-0.15, -0.1) is 0 Å². The third kappa shape index (κ3) is 3.12. The summed E-state index contributed by atoms with van der Waals surface area (Å²) in [6.07, 6.45) is 1.04. The van der Waals surface area contributed by atoms with E-state index in [0.29, 0.717) is 0 Å². The predicted molar refractivity (Wildman–Crippen MR) is 81.5 cm³/mol. The van der Waals surface area contributed by atoms with E-state index in [1.807, 2.05) is 30.3 Å². The van der Waals surface area contributed by atoms with Crippen molar-refractivity contribution in [2.24, 2.45) is 0 Å². The van der Waals surface area contributed by atoms with Crippen LogP contribution in [0.2, 0.25) is 0 Å². The molecular formula is C15H16N4S. The van der Waals surface area contributed by atoms with Gasteiger partial charge < -0.3 is 5.32 Å². The zero-order chi connectivity index (χ0) is 13.6. The minimum atomic E-state index is 0.727. The molecule has 0 amide bonds. The van der Waals surface area contributed by atoms with Crippen LogP contribution in [0.5, 0.6) is 0 Å². The van der Waals surface area contributed by atoms with Gasteiger partial charge in [0.15, 0.2) is 0 Å². The summed E-state index contributed by atoms with van der Waals surface area (Å²) in [5.41, 5.74) is 4.36. The predicted octanol–water partition coefficient (Wildman–Crippen LogP) is 2.87. The van der Waals surface area contributed by atoms with Gasteiger partial charge in [0.2, 0.25) is 0 Å². The molecule has 0 saturated carbocycles. The summed E-state index contributed by atoms with van der Waals surface area (Å²) >= 11 is 1.74. The Morgan fingerprint density at radius 3 is 2.80 bits per heavy atom. The van der Waals surface area contributed by atoms with E-state index >= 15 is 0 Å². The van der Waals surface area contributed by atoms with Gasteiger partial charge in [0.05, 0.1) is 0 Å². The molecule has 2 heterocycles. The number of benzene rings is 1. The topological polar surface area (TPSA) is 53.6 Å². The van der Waals surface area contributed by atoms with E-state index in [4.69, 9.17) is 0 Å². The van der Waals surface area contributed by atoms with Gasteiger partial charge in [-0.3, -0.25) is 0 Å². The third-order valence-corrected chi connectivity index (χ3v) is 3.86. The summed E-state index contributed by atoms with van der Waals surface area (Å²) in [6.45, 7) is 1.67. The van der Waals surface area contributed by atoms with E-state index in [2.05, 4.69) is 37.6 Å². The fourth-order valence-electron chi connectivity index (χ4n) is 2.08. The van der Waals surface area contributed by atoms with E-state index in [-0.39, 0.29) is 0 Å². The first-order valence-electron chi connectivity index (χ1n) is 6.60. The van der Waals surface area contributed by atoms with Crippen LogP contribution in [-0.4, -0.2) is 22.0 Å². The quantitative estimate of drug-likeness (QED) is 0.684. The van der Waals surface area contributed by atoms with Crippen molar-refractivity contribution >= 4 is 11.3 Å². The highest BCUT2D eigenvalue weighted by molar-refractivity contribution is 7.07. The van der Waals surface area contributed by atoms with E-state index < -0.39 is 0 Å². The lowest BCUT2D eigenvalue weighted by Crippen LogP contribution is -2.17. The Bertz CT molecular complexity index is 631. The van der Waals surface area contributed by atoms with E-state index in [9.17, 15) is 0 Å². The SMILES string of the molecule is c1ccc(-c2n[nH]nc2CNCCc2ccsc2)cc1. The van der Waals surface area contributed by atoms with Crippen molar-refractivity contribution in [2.45, 2.75) is 13.0 Å². The van der Waals surface area contributed by atoms with Crippen molar-refractivity contribution < 1.29 is 0 Å². The standard InChI is InChI=1S/C15H16N4S/c1-2-4-13(5-3-1)15-14(17-19-18-15)10-16-8-6-12-7-9-20-11-12/h1-5,7,9,11,16H,6,8,10H2,(H,17,18,19). The van der Waals surface area contributed by atoms with Crippen LogP contribution < -0.4 is 5.32 Å². The number of thiophene rings is 1. The molecule has 4 nitrogen and oxygen atoms in total. The molecule has 0 atom stereocenters. The molecule has 0 aliphatic heterocycles. The van der Waals surface area contributed by atoms with E-state index in [1.165, 1.54) is 5.56 Å². The lowest BCUT2D eigenvalue weighted by atomic mass is 10.1. The molecule has 0 spiro atoms. The van der Waals surface area contributed by atoms with E-state index in [1.54, 1.807) is 11.3 Å². The maximum Gasteiger partial charge on any atom is 0.117 e. The minimum Gasteiger partial charge on any atom is -0.311 e. The highest BCUT2D eigenvalue weighted by Gasteiger charge is 2.09. The average molecular weight is 284 g/mol. The van der Waals surface area contributed by atoms with Crippen LogP contribution in [0.15, 0.2) is 47.2 Å². The normalized spacial score (nSPS) is 10.8. The number of aromatic amines is 1. The van der Waals surface area contributed by atoms with Crippen LogP contribution in [0.1, 0.15) is 11.3 Å². The van der Waals surface area contributed by atoms with Gasteiger partial charge in [-0.1, -0.05) is 30.3 Å². The third-order valence-electron chi connectivity index (χ3n) is 3.13. The second-order valence-electron chi connectivity index (χ2n) is 4.54. The van der Waals surface area contributed by atoms with Gasteiger partial charge in [0, 0.05) is 12.1 Å².